The van der Waals surface area contributed by atoms with E-state index in [2.05, 4.69) is 52.2 Å². The van der Waals surface area contributed by atoms with Crippen molar-refractivity contribution >= 4 is 76.7 Å². The molecular weight excluding hydrogens is 905 g/mol. The molecule has 8 amide bonds. The van der Waals surface area contributed by atoms with E-state index in [1.165, 1.54) is 26.6 Å². The number of carbonyl (C=O) groups is 9. The molecule has 8 unspecified atom stereocenters. The number of ether oxygens (including phenoxy) is 1. The molecular formula is C48H66N12O10. The molecule has 1 aromatic heterocycles. The summed E-state index contributed by atoms with van der Waals surface area (Å²) >= 11 is 0. The van der Waals surface area contributed by atoms with Crippen LogP contribution in [0.5, 0.6) is 0 Å². The Hall–Kier alpha value is -7.49. The van der Waals surface area contributed by atoms with Crippen LogP contribution in [0.15, 0.2) is 70.8 Å². The average Bonchev–Trinajstić information content (AvgIpc) is 4.00. The highest BCUT2D eigenvalue weighted by atomic mass is 16.5. The molecule has 12 N–H and O–H groups in total. The molecule has 0 bridgehead atoms. The van der Waals surface area contributed by atoms with Gasteiger partial charge in [-0.15, -0.1) is 0 Å². The summed E-state index contributed by atoms with van der Waals surface area (Å²) in [5.74, 6) is -7.12. The smallest absolute Gasteiger partial charge is 0.328 e. The minimum absolute atomic E-state index is 0.00195. The lowest BCUT2D eigenvalue weighted by molar-refractivity contribution is -0.146. The number of para-hydroxylation sites is 1. The van der Waals surface area contributed by atoms with E-state index < -0.39 is 114 Å². The highest BCUT2D eigenvalue weighted by molar-refractivity contribution is 5.98. The second kappa shape index (κ2) is 26.9. The molecule has 1 aliphatic rings. The molecule has 70 heavy (non-hydrogen) atoms. The fraction of sp³-hybridized carbons (Fsp3) is 0.479. The van der Waals surface area contributed by atoms with E-state index in [0.717, 1.165) is 16.5 Å². The van der Waals surface area contributed by atoms with Crippen molar-refractivity contribution in [2.24, 2.45) is 33.3 Å². The molecule has 0 saturated heterocycles. The molecule has 22 nitrogen and oxygen atoms in total. The lowest BCUT2D eigenvalue weighted by Gasteiger charge is -2.26. The first-order valence-electron chi connectivity index (χ1n) is 23.1. The Kier molecular flexibility index (Phi) is 21.2. The lowest BCUT2D eigenvalue weighted by Crippen LogP contribution is -2.59. The Bertz CT molecular complexity index is 2370. The van der Waals surface area contributed by atoms with Crippen molar-refractivity contribution < 1.29 is 47.9 Å². The fourth-order valence-corrected chi connectivity index (χ4v) is 7.51. The van der Waals surface area contributed by atoms with Gasteiger partial charge in [-0.1, -0.05) is 76.2 Å². The number of fused-ring (bicyclic) bond motifs is 1. The van der Waals surface area contributed by atoms with E-state index in [4.69, 9.17) is 16.2 Å². The van der Waals surface area contributed by atoms with Crippen LogP contribution >= 0.6 is 0 Å². The summed E-state index contributed by atoms with van der Waals surface area (Å²) in [6, 6.07) is 7.36. The Morgan fingerprint density at radius 2 is 1.36 bits per heavy atom. The predicted molar refractivity (Wildman–Crippen MR) is 261 cm³/mol. The van der Waals surface area contributed by atoms with Crippen molar-refractivity contribution in [3.63, 3.8) is 0 Å². The number of aromatic nitrogens is 1. The number of aromatic amines is 1. The third kappa shape index (κ3) is 17.2. The van der Waals surface area contributed by atoms with Crippen LogP contribution in [0.3, 0.4) is 0 Å². The number of rotatable bonds is 27. The zero-order valence-electron chi connectivity index (χ0n) is 40.3. The molecule has 3 aromatic rings. The number of nitrogens with zero attached hydrogens (tertiary/aromatic N) is 2. The Balaban J connectivity index is 1.44. The van der Waals surface area contributed by atoms with E-state index in [-0.39, 0.29) is 44.4 Å². The number of aliphatic imine (C=N–C) groups is 2. The minimum atomic E-state index is -1.34. The van der Waals surface area contributed by atoms with E-state index >= 15 is 0 Å². The van der Waals surface area contributed by atoms with Crippen molar-refractivity contribution in [2.75, 3.05) is 13.7 Å². The van der Waals surface area contributed by atoms with Gasteiger partial charge in [0.05, 0.1) is 25.7 Å². The number of hydrogen-bond donors (Lipinski definition) is 10. The molecule has 0 aliphatic carbocycles. The van der Waals surface area contributed by atoms with Crippen molar-refractivity contribution in [2.45, 2.75) is 121 Å². The maximum atomic E-state index is 14.1. The summed E-state index contributed by atoms with van der Waals surface area (Å²) in [4.78, 5) is 131. The molecule has 0 fully saturated rings. The monoisotopic (exact) mass is 971 g/mol. The maximum Gasteiger partial charge on any atom is 0.328 e. The van der Waals surface area contributed by atoms with Crippen molar-refractivity contribution in [1.29, 1.82) is 0 Å². The van der Waals surface area contributed by atoms with Gasteiger partial charge in [0.1, 0.15) is 42.6 Å². The van der Waals surface area contributed by atoms with Crippen LogP contribution < -0.4 is 48.7 Å². The fourth-order valence-electron chi connectivity index (χ4n) is 7.51. The number of benzene rings is 2. The standard InChI is InChI=1S/C48H66N12O10/c1-26(2)18-38(48(69)70-6)59-46(67)37(21-31-23-51-25-54-31)56-40(62)24-53-47(68)41(27(3)4)60-42(63)28(5)55-45(66)36(20-30-22-52-34-15-11-10-14-32(30)34)58-44(65)35(16-17-39(50)61)57-43(64)33(49)19-29-12-8-7-9-13-29/h7-15,22-23,25-28,31,33,35-38,41,52H,16-21,24,49H2,1-6H3,(H2,50,61)(H,53,68)(H,55,66)(H,56,62)(H,57,64)(H,58,65)(H,59,67)(H,60,63). The normalized spacial score (nSPS) is 15.9. The van der Waals surface area contributed by atoms with Crippen molar-refractivity contribution in [3.05, 3.63) is 71.9 Å². The molecule has 0 saturated carbocycles. The van der Waals surface area contributed by atoms with Gasteiger partial charge in [0.25, 0.3) is 0 Å². The Morgan fingerprint density at radius 3 is 2.00 bits per heavy atom. The largest absolute Gasteiger partial charge is 0.467 e. The molecule has 0 radical (unpaired) electrons. The van der Waals surface area contributed by atoms with Gasteiger partial charge in [-0.05, 0) is 55.2 Å². The summed E-state index contributed by atoms with van der Waals surface area (Å²) < 4.78 is 4.86. The highest BCUT2D eigenvalue weighted by Crippen LogP contribution is 2.20. The van der Waals surface area contributed by atoms with Crippen molar-refractivity contribution in [3.8, 4) is 0 Å². The topological polar surface area (TPSA) is 340 Å². The van der Waals surface area contributed by atoms with Gasteiger partial charge in [-0.3, -0.25) is 43.3 Å². The summed E-state index contributed by atoms with van der Waals surface area (Å²) in [6.07, 6.45) is 4.36. The highest BCUT2D eigenvalue weighted by Gasteiger charge is 2.34. The molecule has 2 aromatic carbocycles. The molecule has 22 heteroatoms. The third-order valence-electron chi connectivity index (χ3n) is 11.3. The number of methoxy groups -OCH3 is 1. The summed E-state index contributed by atoms with van der Waals surface area (Å²) in [5.41, 5.74) is 13.8. The Labute approximate surface area is 406 Å². The van der Waals surface area contributed by atoms with Crippen LogP contribution in [0, 0.1) is 11.8 Å². The van der Waals surface area contributed by atoms with Crippen LogP contribution in [-0.2, 0) is 60.7 Å². The number of carbonyl (C=O) groups excluding carboxylic acids is 9. The molecule has 1 aliphatic heterocycles. The molecule has 378 valence electrons. The van der Waals surface area contributed by atoms with Crippen LogP contribution in [0.25, 0.3) is 10.9 Å². The van der Waals surface area contributed by atoms with Gasteiger partial charge in [0.15, 0.2) is 0 Å². The number of esters is 1. The van der Waals surface area contributed by atoms with Crippen LogP contribution in [0.4, 0.5) is 0 Å². The number of H-pyrrole nitrogens is 1. The number of amides is 8. The quantitative estimate of drug-likeness (QED) is 0.0428. The van der Waals surface area contributed by atoms with E-state index in [0.29, 0.717) is 5.56 Å². The van der Waals surface area contributed by atoms with Crippen LogP contribution in [0.2, 0.25) is 0 Å². The molecule has 8 atom stereocenters. The van der Waals surface area contributed by atoms with E-state index in [1.807, 2.05) is 38.1 Å². The zero-order valence-corrected chi connectivity index (χ0v) is 40.3. The maximum absolute atomic E-state index is 14.1. The van der Waals surface area contributed by atoms with Gasteiger partial charge < -0.3 is 58.4 Å². The SMILES string of the molecule is COC(=O)C(CC(C)C)NC(=O)C(CC1C=NC=N1)NC(=O)CNC(=O)C(NC(=O)C(C)NC(=O)C(Cc1c[nH]c2ccccc12)NC(=O)C(CCC(N)=O)NC(=O)C(N)Cc1ccccc1)C(C)C. The summed E-state index contributed by atoms with van der Waals surface area (Å²) in [7, 11) is 1.20. The van der Waals surface area contributed by atoms with Crippen LogP contribution in [-0.4, -0.2) is 133 Å². The van der Waals surface area contributed by atoms with Gasteiger partial charge in [0.2, 0.25) is 47.3 Å². The molecule has 0 spiro atoms. The molecule has 4 rings (SSSR count). The predicted octanol–water partition coefficient (Wildman–Crippen LogP) is -0.663. The van der Waals surface area contributed by atoms with Gasteiger partial charge in [-0.2, -0.15) is 0 Å². The second-order valence-corrected chi connectivity index (χ2v) is 17.9. The summed E-state index contributed by atoms with van der Waals surface area (Å²) in [6.45, 7) is 7.82. The summed E-state index contributed by atoms with van der Waals surface area (Å²) in [5, 5.41) is 19.0. The first-order valence-corrected chi connectivity index (χ1v) is 23.1. The van der Waals surface area contributed by atoms with E-state index in [9.17, 15) is 43.2 Å². The number of nitrogens with one attached hydrogen (secondary N) is 8. The zero-order chi connectivity index (χ0) is 51.5. The number of hydrogen-bond acceptors (Lipinski definition) is 13. The lowest BCUT2D eigenvalue weighted by atomic mass is 10.0. The van der Waals surface area contributed by atoms with Gasteiger partial charge in [-0.25, -0.2) is 9.79 Å². The number of nitrogens with two attached hydrogens (primary N) is 2. The van der Waals surface area contributed by atoms with Crippen molar-refractivity contribution in [1.82, 2.24) is 42.2 Å². The third-order valence-corrected chi connectivity index (χ3v) is 11.3. The minimum Gasteiger partial charge on any atom is -0.467 e. The van der Waals surface area contributed by atoms with Gasteiger partial charge >= 0.3 is 5.97 Å². The van der Waals surface area contributed by atoms with Crippen LogP contribution in [0.1, 0.15) is 71.4 Å². The van der Waals surface area contributed by atoms with Gasteiger partial charge in [0, 0.05) is 42.6 Å². The number of primary amides is 1. The first kappa shape index (κ1) is 55.1. The Morgan fingerprint density at radius 1 is 0.714 bits per heavy atom. The molecule has 2 heterocycles. The first-order chi connectivity index (χ1) is 33.3. The average molecular weight is 971 g/mol. The van der Waals surface area contributed by atoms with E-state index in [1.54, 1.807) is 50.4 Å². The second-order valence-electron chi connectivity index (χ2n) is 17.9.